The average Bonchev–Trinajstić information content (AvgIpc) is 3.34. The summed E-state index contributed by atoms with van der Waals surface area (Å²) in [7, 11) is 0. The molecule has 1 aliphatic rings. The average molecular weight is 421 g/mol. The molecule has 3 aromatic rings. The van der Waals surface area contributed by atoms with Gasteiger partial charge >= 0.3 is 0 Å². The van der Waals surface area contributed by atoms with Crippen molar-refractivity contribution in [2.24, 2.45) is 5.84 Å². The number of nitrogens with two attached hydrogens (primary N) is 2. The zero-order valence-corrected chi connectivity index (χ0v) is 17.9. The van der Waals surface area contributed by atoms with Gasteiger partial charge in [0.1, 0.15) is 0 Å². The molecule has 162 valence electrons. The lowest BCUT2D eigenvalue weighted by Gasteiger charge is -2.31. The summed E-state index contributed by atoms with van der Waals surface area (Å²) < 4.78 is 7.20. The van der Waals surface area contributed by atoms with Crippen LogP contribution in [0.4, 0.5) is 5.69 Å². The van der Waals surface area contributed by atoms with E-state index in [1.54, 1.807) is 10.9 Å². The standard InChI is InChI=1S/C23H28N6O2/c1-15-16(2)22(24)20(23(30)29(25)19-5-3-10-31-14-19)12-18(15)11-17-6-7-21(26-13-17)28-9-4-8-27-28/h4,6-9,12-13,19H,3,5,10-11,14,24-25H2,1-2H3. The van der Waals surface area contributed by atoms with Gasteiger partial charge in [-0.3, -0.25) is 9.80 Å². The monoisotopic (exact) mass is 420 g/mol. The van der Waals surface area contributed by atoms with Gasteiger partial charge in [0.05, 0.1) is 18.2 Å². The molecule has 0 radical (unpaired) electrons. The number of nitrogen functional groups attached to an aromatic ring is 1. The fourth-order valence-corrected chi connectivity index (χ4v) is 3.89. The molecule has 1 fully saturated rings. The van der Waals surface area contributed by atoms with Crippen molar-refractivity contribution in [3.63, 3.8) is 0 Å². The summed E-state index contributed by atoms with van der Waals surface area (Å²) in [6, 6.07) is 7.54. The largest absolute Gasteiger partial charge is 0.398 e. The number of nitrogens with zero attached hydrogens (tertiary/aromatic N) is 4. The highest BCUT2D eigenvalue weighted by molar-refractivity contribution is 6.00. The maximum Gasteiger partial charge on any atom is 0.270 e. The van der Waals surface area contributed by atoms with E-state index in [1.807, 2.05) is 50.5 Å². The van der Waals surface area contributed by atoms with Crippen molar-refractivity contribution in [3.8, 4) is 5.82 Å². The van der Waals surface area contributed by atoms with Crippen molar-refractivity contribution in [1.82, 2.24) is 19.8 Å². The number of amides is 1. The van der Waals surface area contributed by atoms with Crippen molar-refractivity contribution >= 4 is 11.6 Å². The molecule has 4 rings (SSSR count). The lowest BCUT2D eigenvalue weighted by molar-refractivity contribution is 0.0166. The molecule has 1 atom stereocenters. The lowest BCUT2D eigenvalue weighted by atomic mass is 9.93. The number of pyridine rings is 1. The highest BCUT2D eigenvalue weighted by Crippen LogP contribution is 2.28. The predicted molar refractivity (Wildman–Crippen MR) is 119 cm³/mol. The number of carbonyl (C=O) groups is 1. The van der Waals surface area contributed by atoms with Gasteiger partial charge in [0.15, 0.2) is 5.82 Å². The number of anilines is 1. The number of hydrazine groups is 1. The second-order valence-corrected chi connectivity index (χ2v) is 7.98. The van der Waals surface area contributed by atoms with E-state index in [4.69, 9.17) is 16.3 Å². The summed E-state index contributed by atoms with van der Waals surface area (Å²) in [5.41, 5.74) is 11.3. The zero-order chi connectivity index (χ0) is 22.0. The first-order valence-electron chi connectivity index (χ1n) is 10.4. The molecular weight excluding hydrogens is 392 g/mol. The van der Waals surface area contributed by atoms with E-state index in [-0.39, 0.29) is 11.9 Å². The maximum absolute atomic E-state index is 13.2. The van der Waals surface area contributed by atoms with Crippen LogP contribution in [0.3, 0.4) is 0 Å². The second kappa shape index (κ2) is 8.87. The van der Waals surface area contributed by atoms with Crippen LogP contribution in [0.2, 0.25) is 0 Å². The molecule has 0 saturated carbocycles. The SMILES string of the molecule is Cc1c(Cc2ccc(-n3cccn3)nc2)cc(C(=O)N(N)C2CCCOC2)c(N)c1C. The molecule has 8 nitrogen and oxygen atoms in total. The molecule has 1 unspecified atom stereocenters. The van der Waals surface area contributed by atoms with Crippen molar-refractivity contribution in [2.45, 2.75) is 39.2 Å². The van der Waals surface area contributed by atoms with E-state index >= 15 is 0 Å². The van der Waals surface area contributed by atoms with Crippen LogP contribution in [-0.4, -0.2) is 44.9 Å². The maximum atomic E-state index is 13.2. The molecule has 1 aromatic carbocycles. The Hall–Kier alpha value is -3.23. The van der Waals surface area contributed by atoms with Crippen LogP contribution in [0.5, 0.6) is 0 Å². The Balaban J connectivity index is 1.59. The number of ether oxygens (including phenoxy) is 1. The number of rotatable bonds is 5. The Bertz CT molecular complexity index is 1060. The van der Waals surface area contributed by atoms with E-state index in [0.29, 0.717) is 30.9 Å². The van der Waals surface area contributed by atoms with Gasteiger partial charge in [-0.2, -0.15) is 5.10 Å². The van der Waals surface area contributed by atoms with Crippen LogP contribution in [0.25, 0.3) is 5.82 Å². The highest BCUT2D eigenvalue weighted by atomic mass is 16.5. The third kappa shape index (κ3) is 4.30. The van der Waals surface area contributed by atoms with Crippen LogP contribution in [0.1, 0.15) is 45.5 Å². The predicted octanol–water partition coefficient (Wildman–Crippen LogP) is 2.55. The van der Waals surface area contributed by atoms with Gasteiger partial charge in [0.2, 0.25) is 0 Å². The molecule has 31 heavy (non-hydrogen) atoms. The summed E-state index contributed by atoms with van der Waals surface area (Å²) in [6.45, 7) is 5.13. The van der Waals surface area contributed by atoms with E-state index in [2.05, 4.69) is 10.1 Å². The Morgan fingerprint density at radius 1 is 1.32 bits per heavy atom. The van der Waals surface area contributed by atoms with E-state index in [9.17, 15) is 4.79 Å². The van der Waals surface area contributed by atoms with Crippen LogP contribution >= 0.6 is 0 Å². The first-order valence-corrected chi connectivity index (χ1v) is 10.4. The van der Waals surface area contributed by atoms with Crippen LogP contribution in [-0.2, 0) is 11.2 Å². The summed E-state index contributed by atoms with van der Waals surface area (Å²) >= 11 is 0. The zero-order valence-electron chi connectivity index (χ0n) is 17.9. The Labute approximate surface area is 181 Å². The first-order chi connectivity index (χ1) is 15.0. The summed E-state index contributed by atoms with van der Waals surface area (Å²) in [4.78, 5) is 17.7. The Morgan fingerprint density at radius 2 is 2.16 bits per heavy atom. The topological polar surface area (TPSA) is 112 Å². The number of benzene rings is 1. The molecule has 4 N–H and O–H groups in total. The minimum Gasteiger partial charge on any atom is -0.398 e. The molecular formula is C23H28N6O2. The molecule has 3 heterocycles. The van der Waals surface area contributed by atoms with E-state index in [1.165, 1.54) is 5.01 Å². The third-order valence-corrected chi connectivity index (χ3v) is 5.99. The van der Waals surface area contributed by atoms with Gasteiger partial charge in [0.25, 0.3) is 5.91 Å². The summed E-state index contributed by atoms with van der Waals surface area (Å²) in [6.07, 6.45) is 7.75. The van der Waals surface area contributed by atoms with Crippen LogP contribution < -0.4 is 11.6 Å². The van der Waals surface area contributed by atoms with Crippen molar-refractivity contribution in [2.75, 3.05) is 18.9 Å². The Kier molecular flexibility index (Phi) is 6.01. The van der Waals surface area contributed by atoms with Gasteiger partial charge < -0.3 is 10.5 Å². The van der Waals surface area contributed by atoms with E-state index in [0.717, 1.165) is 40.9 Å². The fourth-order valence-electron chi connectivity index (χ4n) is 3.89. The van der Waals surface area contributed by atoms with Crippen LogP contribution in [0.15, 0.2) is 42.9 Å². The van der Waals surface area contributed by atoms with Crippen molar-refractivity contribution in [3.05, 3.63) is 70.7 Å². The molecule has 1 aliphatic heterocycles. The number of hydrogen-bond donors (Lipinski definition) is 2. The molecule has 1 saturated heterocycles. The quantitative estimate of drug-likeness (QED) is 0.284. The second-order valence-electron chi connectivity index (χ2n) is 7.98. The van der Waals surface area contributed by atoms with Gasteiger partial charge in [-0.05, 0) is 73.6 Å². The summed E-state index contributed by atoms with van der Waals surface area (Å²) in [5, 5.41) is 5.48. The van der Waals surface area contributed by atoms with E-state index < -0.39 is 0 Å². The number of aromatic nitrogens is 3. The molecule has 0 bridgehead atoms. The minimum atomic E-state index is -0.274. The van der Waals surface area contributed by atoms with Crippen molar-refractivity contribution in [1.29, 1.82) is 0 Å². The smallest absolute Gasteiger partial charge is 0.270 e. The van der Waals surface area contributed by atoms with Gasteiger partial charge in [-0.1, -0.05) is 6.07 Å². The van der Waals surface area contributed by atoms with Gasteiger partial charge in [0, 0.05) is 30.9 Å². The van der Waals surface area contributed by atoms with Gasteiger partial charge in [-0.15, -0.1) is 0 Å². The third-order valence-electron chi connectivity index (χ3n) is 5.99. The molecule has 0 aliphatic carbocycles. The lowest BCUT2D eigenvalue weighted by Crippen LogP contribution is -2.49. The molecule has 2 aromatic heterocycles. The Morgan fingerprint density at radius 3 is 2.81 bits per heavy atom. The van der Waals surface area contributed by atoms with Crippen LogP contribution in [0, 0.1) is 13.8 Å². The molecule has 0 spiro atoms. The normalized spacial score (nSPS) is 16.3. The fraction of sp³-hybridized carbons (Fsp3) is 0.348. The summed E-state index contributed by atoms with van der Waals surface area (Å²) in [5.74, 6) is 6.66. The molecule has 8 heteroatoms. The minimum absolute atomic E-state index is 0.134. The highest BCUT2D eigenvalue weighted by Gasteiger charge is 2.27. The first kappa shape index (κ1) is 21.0. The van der Waals surface area contributed by atoms with Gasteiger partial charge in [-0.25, -0.2) is 15.5 Å². The molecule has 1 amide bonds. The number of carbonyl (C=O) groups excluding carboxylic acids is 1. The van der Waals surface area contributed by atoms with Crippen molar-refractivity contribution < 1.29 is 9.53 Å². The number of hydrogen-bond acceptors (Lipinski definition) is 6.